The van der Waals surface area contributed by atoms with Crippen LogP contribution in [0.1, 0.15) is 32.2 Å². The first-order chi connectivity index (χ1) is 10.5. The van der Waals surface area contributed by atoms with Crippen molar-refractivity contribution in [3.8, 4) is 17.1 Å². The zero-order valence-corrected chi connectivity index (χ0v) is 12.9. The predicted octanol–water partition coefficient (Wildman–Crippen LogP) is 1.66. The van der Waals surface area contributed by atoms with E-state index in [1.807, 2.05) is 24.3 Å². The predicted molar refractivity (Wildman–Crippen MR) is 81.1 cm³/mol. The minimum absolute atomic E-state index is 0.149. The fourth-order valence-electron chi connectivity index (χ4n) is 1.95. The van der Waals surface area contributed by atoms with Gasteiger partial charge in [-0.2, -0.15) is 4.98 Å². The van der Waals surface area contributed by atoms with Crippen molar-refractivity contribution < 1.29 is 14.1 Å². The summed E-state index contributed by atoms with van der Waals surface area (Å²) in [5, 5.41) is 6.71. The van der Waals surface area contributed by atoms with E-state index in [0.717, 1.165) is 5.56 Å². The number of nitrogens with two attached hydrogens (primary N) is 1. The third kappa shape index (κ3) is 4.05. The number of hydrogen-bond donors (Lipinski definition) is 2. The molecule has 1 aromatic carbocycles. The Kier molecular flexibility index (Phi) is 5.11. The fourth-order valence-corrected chi connectivity index (χ4v) is 1.95. The third-order valence-corrected chi connectivity index (χ3v) is 3.02. The number of amides is 1. The first-order valence-corrected chi connectivity index (χ1v) is 7.02. The van der Waals surface area contributed by atoms with E-state index in [-0.39, 0.29) is 24.4 Å². The van der Waals surface area contributed by atoms with Crippen LogP contribution in [-0.2, 0) is 4.79 Å². The van der Waals surface area contributed by atoms with Crippen LogP contribution >= 0.6 is 0 Å². The van der Waals surface area contributed by atoms with Crippen LogP contribution in [0.2, 0.25) is 0 Å². The molecule has 0 aliphatic carbocycles. The second-order valence-electron chi connectivity index (χ2n) is 5.16. The van der Waals surface area contributed by atoms with E-state index in [4.69, 9.17) is 15.0 Å². The maximum atomic E-state index is 11.7. The van der Waals surface area contributed by atoms with Crippen LogP contribution in [0.15, 0.2) is 28.8 Å². The van der Waals surface area contributed by atoms with Crippen molar-refractivity contribution in [3.63, 3.8) is 0 Å². The minimum atomic E-state index is -0.377. The van der Waals surface area contributed by atoms with Crippen molar-refractivity contribution in [2.45, 2.75) is 32.4 Å². The van der Waals surface area contributed by atoms with Gasteiger partial charge in [-0.3, -0.25) is 4.79 Å². The van der Waals surface area contributed by atoms with Gasteiger partial charge in [0.2, 0.25) is 17.6 Å². The van der Waals surface area contributed by atoms with Gasteiger partial charge in [-0.15, -0.1) is 0 Å². The number of nitrogens with zero attached hydrogens (tertiary/aromatic N) is 2. The molecule has 1 amide bonds. The number of ether oxygens (including phenoxy) is 1. The van der Waals surface area contributed by atoms with E-state index in [2.05, 4.69) is 15.5 Å². The molecule has 0 saturated heterocycles. The summed E-state index contributed by atoms with van der Waals surface area (Å²) in [6.45, 7) is 3.56. The molecule has 0 fully saturated rings. The van der Waals surface area contributed by atoms with Gasteiger partial charge < -0.3 is 20.3 Å². The number of methoxy groups -OCH3 is 1. The monoisotopic (exact) mass is 304 g/mol. The van der Waals surface area contributed by atoms with Gasteiger partial charge >= 0.3 is 0 Å². The highest BCUT2D eigenvalue weighted by Gasteiger charge is 2.18. The van der Waals surface area contributed by atoms with Crippen molar-refractivity contribution in [1.29, 1.82) is 0 Å². The van der Waals surface area contributed by atoms with E-state index in [1.54, 1.807) is 21.0 Å². The number of hydrogen-bond acceptors (Lipinski definition) is 6. The van der Waals surface area contributed by atoms with E-state index < -0.39 is 0 Å². The molecule has 2 aromatic rings. The van der Waals surface area contributed by atoms with Crippen LogP contribution in [0.4, 0.5) is 0 Å². The summed E-state index contributed by atoms with van der Waals surface area (Å²) in [4.78, 5) is 16.0. The van der Waals surface area contributed by atoms with Gasteiger partial charge in [0.15, 0.2) is 0 Å². The molecule has 1 heterocycles. The Morgan fingerprint density at radius 3 is 2.91 bits per heavy atom. The van der Waals surface area contributed by atoms with Crippen molar-refractivity contribution in [2.75, 3.05) is 7.11 Å². The summed E-state index contributed by atoms with van der Waals surface area (Å²) < 4.78 is 10.4. The lowest BCUT2D eigenvalue weighted by atomic mass is 10.2. The topological polar surface area (TPSA) is 103 Å². The molecule has 0 aliphatic rings. The molecule has 2 atom stereocenters. The smallest absolute Gasteiger partial charge is 0.249 e. The van der Waals surface area contributed by atoms with E-state index in [1.165, 1.54) is 0 Å². The molecule has 22 heavy (non-hydrogen) atoms. The Morgan fingerprint density at radius 2 is 2.23 bits per heavy atom. The maximum absolute atomic E-state index is 11.7. The van der Waals surface area contributed by atoms with Gasteiger partial charge in [0, 0.05) is 18.0 Å². The quantitative estimate of drug-likeness (QED) is 0.841. The lowest BCUT2D eigenvalue weighted by Crippen LogP contribution is -2.31. The first-order valence-electron chi connectivity index (χ1n) is 7.02. The number of rotatable bonds is 6. The Hall–Kier alpha value is -2.41. The van der Waals surface area contributed by atoms with Gasteiger partial charge in [0.25, 0.3) is 0 Å². The molecule has 3 N–H and O–H groups in total. The molecule has 0 saturated carbocycles. The third-order valence-electron chi connectivity index (χ3n) is 3.02. The van der Waals surface area contributed by atoms with E-state index in [0.29, 0.717) is 17.5 Å². The lowest BCUT2D eigenvalue weighted by molar-refractivity contribution is -0.122. The molecule has 0 radical (unpaired) electrons. The largest absolute Gasteiger partial charge is 0.497 e. The van der Waals surface area contributed by atoms with Crippen molar-refractivity contribution >= 4 is 5.91 Å². The van der Waals surface area contributed by atoms with Crippen molar-refractivity contribution in [1.82, 2.24) is 15.5 Å². The molecule has 7 nitrogen and oxygen atoms in total. The summed E-state index contributed by atoms with van der Waals surface area (Å²) in [7, 11) is 1.59. The zero-order chi connectivity index (χ0) is 16.1. The van der Waals surface area contributed by atoms with Crippen LogP contribution in [0.3, 0.4) is 0 Å². The van der Waals surface area contributed by atoms with Gasteiger partial charge in [-0.25, -0.2) is 0 Å². The standard InChI is InChI=1S/C15H20N4O3/c1-9(16)7-13(20)17-10(2)15-18-14(19-22-15)11-5-4-6-12(8-11)21-3/h4-6,8-10H,7,16H2,1-3H3,(H,17,20). The van der Waals surface area contributed by atoms with Crippen LogP contribution in [0.25, 0.3) is 11.4 Å². The maximum Gasteiger partial charge on any atom is 0.249 e. The molecule has 118 valence electrons. The Bertz CT molecular complexity index is 639. The van der Waals surface area contributed by atoms with Crippen LogP contribution in [-0.4, -0.2) is 29.2 Å². The van der Waals surface area contributed by atoms with E-state index >= 15 is 0 Å². The van der Waals surface area contributed by atoms with Crippen molar-refractivity contribution in [2.24, 2.45) is 5.73 Å². The Balaban J connectivity index is 2.08. The van der Waals surface area contributed by atoms with Crippen LogP contribution in [0.5, 0.6) is 5.75 Å². The Labute approximate surface area is 128 Å². The highest BCUT2D eigenvalue weighted by molar-refractivity contribution is 5.76. The SMILES string of the molecule is COc1cccc(-c2noc(C(C)NC(=O)CC(C)N)n2)c1. The lowest BCUT2D eigenvalue weighted by Gasteiger charge is -2.10. The molecule has 1 aromatic heterocycles. The molecular formula is C15H20N4O3. The van der Waals surface area contributed by atoms with Crippen LogP contribution < -0.4 is 15.8 Å². The Morgan fingerprint density at radius 1 is 1.45 bits per heavy atom. The average molecular weight is 304 g/mol. The summed E-state index contributed by atoms with van der Waals surface area (Å²) in [6, 6.07) is 6.78. The molecule has 0 aliphatic heterocycles. The average Bonchev–Trinajstić information content (AvgIpc) is 2.96. The zero-order valence-electron chi connectivity index (χ0n) is 12.9. The molecule has 2 unspecified atom stereocenters. The summed E-state index contributed by atoms with van der Waals surface area (Å²) in [5.74, 6) is 1.35. The van der Waals surface area contributed by atoms with Gasteiger partial charge in [-0.05, 0) is 26.0 Å². The van der Waals surface area contributed by atoms with Gasteiger partial charge in [0.1, 0.15) is 11.8 Å². The van der Waals surface area contributed by atoms with Crippen LogP contribution in [0, 0.1) is 0 Å². The fraction of sp³-hybridized carbons (Fsp3) is 0.400. The molecular weight excluding hydrogens is 284 g/mol. The summed E-state index contributed by atoms with van der Waals surface area (Å²) in [5.41, 5.74) is 6.37. The minimum Gasteiger partial charge on any atom is -0.497 e. The number of aromatic nitrogens is 2. The number of benzene rings is 1. The van der Waals surface area contributed by atoms with E-state index in [9.17, 15) is 4.79 Å². The second kappa shape index (κ2) is 7.04. The number of carbonyl (C=O) groups excluding carboxylic acids is 1. The summed E-state index contributed by atoms with van der Waals surface area (Å²) in [6.07, 6.45) is 0.251. The second-order valence-corrected chi connectivity index (χ2v) is 5.16. The highest BCUT2D eigenvalue weighted by Crippen LogP contribution is 2.22. The molecule has 7 heteroatoms. The van der Waals surface area contributed by atoms with Gasteiger partial charge in [-0.1, -0.05) is 17.3 Å². The highest BCUT2D eigenvalue weighted by atomic mass is 16.5. The summed E-state index contributed by atoms with van der Waals surface area (Å²) >= 11 is 0. The molecule has 2 rings (SSSR count). The molecule has 0 bridgehead atoms. The normalized spacial score (nSPS) is 13.5. The van der Waals surface area contributed by atoms with Crippen molar-refractivity contribution in [3.05, 3.63) is 30.2 Å². The van der Waals surface area contributed by atoms with Gasteiger partial charge in [0.05, 0.1) is 7.11 Å². The number of carbonyl (C=O) groups is 1. The molecule has 0 spiro atoms. The number of nitrogens with one attached hydrogen (secondary N) is 1. The first kappa shape index (κ1) is 16.0.